The van der Waals surface area contributed by atoms with E-state index in [0.717, 1.165) is 13.0 Å². The zero-order valence-corrected chi connectivity index (χ0v) is 11.6. The van der Waals surface area contributed by atoms with Gasteiger partial charge >= 0.3 is 5.69 Å². The number of nitro groups is 1. The molecule has 19 heavy (non-hydrogen) atoms. The van der Waals surface area contributed by atoms with E-state index in [4.69, 9.17) is 11.6 Å². The number of carbonyl (C=O) groups is 1. The Hall–Kier alpha value is -1.66. The van der Waals surface area contributed by atoms with Crippen molar-refractivity contribution in [2.75, 3.05) is 27.2 Å². The van der Waals surface area contributed by atoms with Gasteiger partial charge in [-0.25, -0.2) is 0 Å². The molecule has 6 nitrogen and oxygen atoms in total. The summed E-state index contributed by atoms with van der Waals surface area (Å²) in [5, 5.41) is 13.9. The summed E-state index contributed by atoms with van der Waals surface area (Å²) in [4.78, 5) is 24.0. The second-order valence-corrected chi connectivity index (χ2v) is 4.48. The topological polar surface area (TPSA) is 75.5 Å². The fraction of sp³-hybridized carbons (Fsp3) is 0.417. The van der Waals surface area contributed by atoms with Crippen LogP contribution >= 0.6 is 11.6 Å². The monoisotopic (exact) mass is 285 g/mol. The highest BCUT2D eigenvalue weighted by atomic mass is 35.5. The number of carbonyl (C=O) groups excluding carboxylic acids is 1. The van der Waals surface area contributed by atoms with Crippen molar-refractivity contribution in [3.05, 3.63) is 38.9 Å². The average Bonchev–Trinajstić information content (AvgIpc) is 2.37. The summed E-state index contributed by atoms with van der Waals surface area (Å²) in [6.07, 6.45) is 0.771. The predicted octanol–water partition coefficient (Wildman–Crippen LogP) is 1.93. The van der Waals surface area contributed by atoms with Crippen molar-refractivity contribution >= 4 is 23.2 Å². The molecule has 0 aliphatic rings. The van der Waals surface area contributed by atoms with Gasteiger partial charge in [0.15, 0.2) is 0 Å². The first-order valence-corrected chi connectivity index (χ1v) is 6.19. The Labute approximate surface area is 116 Å². The van der Waals surface area contributed by atoms with Gasteiger partial charge in [-0.2, -0.15) is 0 Å². The van der Waals surface area contributed by atoms with Crippen LogP contribution in [0.15, 0.2) is 18.2 Å². The Morgan fingerprint density at radius 2 is 2.21 bits per heavy atom. The number of para-hydroxylation sites is 1. The van der Waals surface area contributed by atoms with E-state index in [9.17, 15) is 14.9 Å². The first kappa shape index (κ1) is 15.4. The maximum Gasteiger partial charge on any atom is 0.300 e. The van der Waals surface area contributed by atoms with Crippen molar-refractivity contribution in [2.24, 2.45) is 0 Å². The van der Waals surface area contributed by atoms with Crippen molar-refractivity contribution in [3.63, 3.8) is 0 Å². The van der Waals surface area contributed by atoms with E-state index in [0.29, 0.717) is 6.54 Å². The van der Waals surface area contributed by atoms with Crippen LogP contribution in [0.5, 0.6) is 0 Å². The van der Waals surface area contributed by atoms with Crippen LogP contribution in [0.1, 0.15) is 16.8 Å². The molecule has 0 fully saturated rings. The Morgan fingerprint density at radius 1 is 1.53 bits per heavy atom. The number of hydrogen-bond donors (Lipinski definition) is 1. The Morgan fingerprint density at radius 3 is 2.79 bits per heavy atom. The zero-order valence-electron chi connectivity index (χ0n) is 10.9. The fourth-order valence-corrected chi connectivity index (χ4v) is 1.92. The summed E-state index contributed by atoms with van der Waals surface area (Å²) in [6, 6.07) is 4.35. The Bertz CT molecular complexity index is 479. The lowest BCUT2D eigenvalue weighted by Gasteiger charge is -2.17. The quantitative estimate of drug-likeness (QED) is 0.492. The zero-order chi connectivity index (χ0) is 14.4. The third-order valence-electron chi connectivity index (χ3n) is 2.67. The fourth-order valence-electron chi connectivity index (χ4n) is 1.67. The van der Waals surface area contributed by atoms with Gasteiger partial charge in [-0.15, -0.1) is 0 Å². The number of amides is 1. The summed E-state index contributed by atoms with van der Waals surface area (Å²) in [7, 11) is 3.44. The minimum atomic E-state index is -0.628. The lowest BCUT2D eigenvalue weighted by atomic mass is 10.1. The van der Waals surface area contributed by atoms with E-state index in [2.05, 4.69) is 5.32 Å². The van der Waals surface area contributed by atoms with Crippen LogP contribution in [0.3, 0.4) is 0 Å². The van der Waals surface area contributed by atoms with Crippen LogP contribution in [-0.2, 0) is 0 Å². The normalized spacial score (nSPS) is 10.3. The standard InChI is InChI=1S/C12H16ClN3O3/c1-14-7-4-8-15(2)12(17)9-5-3-6-10(13)11(9)16(18)19/h3,5-6,14H,4,7-8H2,1-2H3. The van der Waals surface area contributed by atoms with E-state index in [1.165, 1.54) is 23.1 Å². The maximum atomic E-state index is 12.2. The highest BCUT2D eigenvalue weighted by molar-refractivity contribution is 6.33. The van der Waals surface area contributed by atoms with Gasteiger partial charge in [-0.05, 0) is 32.1 Å². The van der Waals surface area contributed by atoms with Crippen LogP contribution in [0.4, 0.5) is 5.69 Å². The number of nitrogens with zero attached hydrogens (tertiary/aromatic N) is 2. The highest BCUT2D eigenvalue weighted by Gasteiger charge is 2.25. The largest absolute Gasteiger partial charge is 0.341 e. The van der Waals surface area contributed by atoms with Gasteiger partial charge < -0.3 is 10.2 Å². The second kappa shape index (κ2) is 7.06. The minimum Gasteiger partial charge on any atom is -0.341 e. The summed E-state index contributed by atoms with van der Waals surface area (Å²) < 4.78 is 0. The van der Waals surface area contributed by atoms with E-state index in [-0.39, 0.29) is 16.3 Å². The number of hydrogen-bond acceptors (Lipinski definition) is 4. The van der Waals surface area contributed by atoms with Crippen molar-refractivity contribution < 1.29 is 9.72 Å². The van der Waals surface area contributed by atoms with Gasteiger partial charge in [-0.3, -0.25) is 14.9 Å². The van der Waals surface area contributed by atoms with Gasteiger partial charge in [0.2, 0.25) is 0 Å². The van der Waals surface area contributed by atoms with Gasteiger partial charge in [0, 0.05) is 13.6 Å². The van der Waals surface area contributed by atoms with E-state index in [1.807, 2.05) is 7.05 Å². The molecule has 0 saturated heterocycles. The van der Waals surface area contributed by atoms with Crippen molar-refractivity contribution in [2.45, 2.75) is 6.42 Å². The van der Waals surface area contributed by atoms with Crippen LogP contribution in [-0.4, -0.2) is 42.9 Å². The first-order valence-electron chi connectivity index (χ1n) is 5.82. The average molecular weight is 286 g/mol. The molecule has 1 aromatic carbocycles. The molecule has 0 spiro atoms. The predicted molar refractivity (Wildman–Crippen MR) is 73.6 cm³/mol. The molecule has 0 unspecified atom stereocenters. The van der Waals surface area contributed by atoms with Crippen molar-refractivity contribution in [1.29, 1.82) is 0 Å². The van der Waals surface area contributed by atoms with Crippen LogP contribution in [0.25, 0.3) is 0 Å². The third-order valence-corrected chi connectivity index (χ3v) is 2.97. The molecule has 7 heteroatoms. The molecule has 0 aromatic heterocycles. The van der Waals surface area contributed by atoms with Crippen LogP contribution < -0.4 is 5.32 Å². The minimum absolute atomic E-state index is 0.0180. The first-order chi connectivity index (χ1) is 8.99. The van der Waals surface area contributed by atoms with E-state index in [1.54, 1.807) is 7.05 Å². The molecule has 1 N–H and O–H groups in total. The molecule has 0 radical (unpaired) electrons. The second-order valence-electron chi connectivity index (χ2n) is 4.08. The summed E-state index contributed by atoms with van der Waals surface area (Å²) in [5.41, 5.74) is -0.320. The molecule has 1 rings (SSSR count). The lowest BCUT2D eigenvalue weighted by molar-refractivity contribution is -0.385. The summed E-state index contributed by atoms with van der Waals surface area (Å²) in [6.45, 7) is 1.29. The van der Waals surface area contributed by atoms with E-state index < -0.39 is 10.8 Å². The Balaban J connectivity index is 2.93. The van der Waals surface area contributed by atoms with Gasteiger partial charge in [-0.1, -0.05) is 17.7 Å². The molecule has 104 valence electrons. The number of nitro benzene ring substituents is 1. The number of rotatable bonds is 6. The molecular weight excluding hydrogens is 270 g/mol. The number of benzene rings is 1. The molecule has 0 atom stereocenters. The van der Waals surface area contributed by atoms with Gasteiger partial charge in [0.05, 0.1) is 4.92 Å². The van der Waals surface area contributed by atoms with E-state index >= 15 is 0 Å². The molecule has 1 amide bonds. The summed E-state index contributed by atoms with van der Waals surface area (Å²) in [5.74, 6) is -0.398. The maximum absolute atomic E-state index is 12.2. The Kier molecular flexibility index (Phi) is 5.72. The number of halogens is 1. The van der Waals surface area contributed by atoms with Crippen LogP contribution in [0.2, 0.25) is 5.02 Å². The number of nitrogens with one attached hydrogen (secondary N) is 1. The van der Waals surface area contributed by atoms with Crippen LogP contribution in [0, 0.1) is 10.1 Å². The highest BCUT2D eigenvalue weighted by Crippen LogP contribution is 2.28. The lowest BCUT2D eigenvalue weighted by Crippen LogP contribution is -2.30. The van der Waals surface area contributed by atoms with Crippen molar-refractivity contribution in [3.8, 4) is 0 Å². The molecule has 0 heterocycles. The summed E-state index contributed by atoms with van der Waals surface area (Å²) >= 11 is 5.78. The molecule has 1 aromatic rings. The molecule has 0 aliphatic heterocycles. The molecule has 0 aliphatic carbocycles. The molecule has 0 saturated carbocycles. The molecular formula is C12H16ClN3O3. The van der Waals surface area contributed by atoms with Gasteiger partial charge in [0.25, 0.3) is 5.91 Å². The SMILES string of the molecule is CNCCCN(C)C(=O)c1cccc(Cl)c1[N+](=O)[O-]. The smallest absolute Gasteiger partial charge is 0.300 e. The third kappa shape index (κ3) is 3.90. The molecule has 0 bridgehead atoms. The van der Waals surface area contributed by atoms with Gasteiger partial charge in [0.1, 0.15) is 10.6 Å². The van der Waals surface area contributed by atoms with Crippen molar-refractivity contribution in [1.82, 2.24) is 10.2 Å².